The molecule has 0 spiro atoms. The van der Waals surface area contributed by atoms with Gasteiger partial charge in [0.2, 0.25) is 25.5 Å². The molecule has 0 amide bonds. The smallest absolute Gasteiger partial charge is 0.370 e. The Labute approximate surface area is 497 Å². The first-order valence-corrected chi connectivity index (χ1v) is 27.0. The number of nitrogens with two attached hydrogens (primary N) is 3. The van der Waals surface area contributed by atoms with Gasteiger partial charge in [0.25, 0.3) is 0 Å². The Kier molecular flexibility index (Phi) is 26.9. The van der Waals surface area contributed by atoms with Crippen LogP contribution in [0, 0.1) is 0 Å². The second-order valence-corrected chi connectivity index (χ2v) is 18.9. The molecule has 0 unspecified atom stereocenters. The van der Waals surface area contributed by atoms with Crippen molar-refractivity contribution in [1.29, 1.82) is 0 Å². The number of hydrogen-bond acceptors (Lipinski definition) is 7. The van der Waals surface area contributed by atoms with Crippen molar-refractivity contribution in [2.45, 2.75) is 26.2 Å². The molecule has 0 bridgehead atoms. The van der Waals surface area contributed by atoms with E-state index in [1.807, 2.05) is 144 Å². The zero-order chi connectivity index (χ0) is 61.3. The van der Waals surface area contributed by atoms with E-state index in [1.54, 1.807) is 46.3 Å². The molecule has 10 aromatic rings. The van der Waals surface area contributed by atoms with Crippen LogP contribution in [-0.2, 0) is 68.8 Å². The normalized spacial score (nSPS) is 9.95. The summed E-state index contributed by atoms with van der Waals surface area (Å²) in [6, 6.07) is 40.4. The maximum atomic E-state index is 10.6. The quantitative estimate of drug-likeness (QED) is 0.0240. The molecule has 0 aliphatic heterocycles. The van der Waals surface area contributed by atoms with Gasteiger partial charge in [-0.25, -0.2) is 47.7 Å². The van der Waals surface area contributed by atoms with Crippen LogP contribution in [0.25, 0.3) is 55.6 Å². The first-order valence-electron chi connectivity index (χ1n) is 27.0. The molecule has 0 aromatic carbocycles. The van der Waals surface area contributed by atoms with E-state index in [2.05, 4.69) is 144 Å². The molecule has 0 saturated carbocycles. The fourth-order valence-corrected chi connectivity index (χ4v) is 7.86. The summed E-state index contributed by atoms with van der Waals surface area (Å²) in [7, 11) is 8.03. The van der Waals surface area contributed by atoms with Gasteiger partial charge in [0.15, 0.2) is 125 Å². The predicted molar refractivity (Wildman–Crippen MR) is 318 cm³/mol. The number of carboxylic acids is 2. The molecule has 0 atom stereocenters. The lowest BCUT2D eigenvalue weighted by Crippen LogP contribution is -2.43. The number of pyridine rings is 10. The van der Waals surface area contributed by atoms with E-state index < -0.39 is 11.9 Å². The minimum atomic E-state index is -0.872. The van der Waals surface area contributed by atoms with Gasteiger partial charge >= 0.3 is 11.9 Å². The van der Waals surface area contributed by atoms with Crippen LogP contribution < -0.4 is 68.2 Å². The zero-order valence-electron chi connectivity index (χ0n) is 48.8. The third-order valence-corrected chi connectivity index (χ3v) is 12.4. The SMILES string of the molecule is C=C.C=COO[n+]1ccc(-c2cc[n+](CC(=O)O)cc2)cc1.C[n+]1ccc(-c2cc[n+](C)cc2)cc1.C[n+]1ccc(-c2cc[n+](CC(=O)O)cc2)cc1.C[n+]1ccc(-c2cc[n+](CCN)cc2)cc1.NCC[n+]1ccc(-c2cc[n+](N)cc2)cc1. The van der Waals surface area contributed by atoms with E-state index in [4.69, 9.17) is 32.5 Å². The number of nitrogens with zero attached hydrogens (tertiary/aromatic N) is 10. The summed E-state index contributed by atoms with van der Waals surface area (Å²) in [5.74, 6) is 3.86. The number of aliphatic carboxylic acids is 2. The topological polar surface area (TPSA) is 210 Å². The molecule has 10 heterocycles. The fraction of sp³-hybridized carbons (Fsp3) is 0.152. The van der Waals surface area contributed by atoms with Crippen molar-refractivity contribution in [2.75, 3.05) is 18.9 Å². The van der Waals surface area contributed by atoms with E-state index in [0.29, 0.717) is 13.1 Å². The molecule has 19 nitrogen and oxygen atoms in total. The Morgan fingerprint density at radius 3 is 0.824 bits per heavy atom. The van der Waals surface area contributed by atoms with Crippen LogP contribution in [0.5, 0.6) is 0 Å². The van der Waals surface area contributed by atoms with Crippen LogP contribution in [0.3, 0.4) is 0 Å². The number of carbonyl (C=O) groups is 2. The molecule has 0 saturated heterocycles. The van der Waals surface area contributed by atoms with Crippen molar-refractivity contribution in [2.24, 2.45) is 39.7 Å². The highest BCUT2D eigenvalue weighted by Crippen LogP contribution is 2.19. The molecule has 10 aromatic heterocycles. The Morgan fingerprint density at radius 2 is 0.600 bits per heavy atom. The summed E-state index contributed by atoms with van der Waals surface area (Å²) in [6.45, 7) is 12.3. The van der Waals surface area contributed by atoms with Crippen molar-refractivity contribution in [1.82, 2.24) is 0 Å². The Bertz CT molecular complexity index is 3430. The highest BCUT2D eigenvalue weighted by atomic mass is 17.3. The molecule has 0 aliphatic carbocycles. The first-order chi connectivity index (χ1) is 41.2. The van der Waals surface area contributed by atoms with Crippen molar-refractivity contribution in [3.8, 4) is 55.6 Å². The van der Waals surface area contributed by atoms with Gasteiger partial charge in [-0.1, -0.05) is 11.3 Å². The average Bonchev–Trinajstić information content (AvgIpc) is 3.73. The fourth-order valence-electron chi connectivity index (χ4n) is 7.86. The zero-order valence-corrected chi connectivity index (χ0v) is 48.8. The van der Waals surface area contributed by atoms with Crippen molar-refractivity contribution in [3.63, 3.8) is 0 Å². The van der Waals surface area contributed by atoms with Gasteiger partial charge in [-0.3, -0.25) is 0 Å². The summed E-state index contributed by atoms with van der Waals surface area (Å²) in [4.78, 5) is 30.6. The lowest BCUT2D eigenvalue weighted by Gasteiger charge is -1.99. The van der Waals surface area contributed by atoms with E-state index in [9.17, 15) is 9.59 Å². The van der Waals surface area contributed by atoms with E-state index in [-0.39, 0.29) is 13.1 Å². The monoisotopic (exact) mass is 1150 g/mol. The first kappa shape index (κ1) is 65.1. The van der Waals surface area contributed by atoms with E-state index in [1.165, 1.54) is 43.5 Å². The van der Waals surface area contributed by atoms with E-state index in [0.717, 1.165) is 40.9 Å². The molecule has 0 radical (unpaired) electrons. The number of aromatic nitrogens is 10. The maximum absolute atomic E-state index is 10.6. The number of aryl methyl sites for hydroxylation is 4. The number of nitrogen functional groups attached to an aromatic ring is 1. The van der Waals surface area contributed by atoms with Crippen LogP contribution in [0.15, 0.2) is 271 Å². The second-order valence-electron chi connectivity index (χ2n) is 18.9. The van der Waals surface area contributed by atoms with Crippen LogP contribution in [0.1, 0.15) is 0 Å². The highest BCUT2D eigenvalue weighted by Gasteiger charge is 2.11. The Hall–Kier alpha value is -10.8. The number of rotatable bonds is 16. The largest absolute Gasteiger partial charge is 0.477 e. The predicted octanol–water partition coefficient (Wildman–Crippen LogP) is 2.90. The van der Waals surface area contributed by atoms with Gasteiger partial charge < -0.3 is 21.7 Å². The molecule has 10 rings (SSSR count). The maximum Gasteiger partial charge on any atom is 0.370 e. The summed E-state index contributed by atoms with van der Waals surface area (Å²) in [6.07, 6.45) is 39.7. The lowest BCUT2D eigenvalue weighted by molar-refractivity contribution is -0.953. The van der Waals surface area contributed by atoms with Gasteiger partial charge in [0.05, 0.1) is 17.8 Å². The Morgan fingerprint density at radius 1 is 0.388 bits per heavy atom. The third-order valence-electron chi connectivity index (χ3n) is 12.4. The summed E-state index contributed by atoms with van der Waals surface area (Å²) in [5, 5.41) is 17.4. The van der Waals surface area contributed by atoms with E-state index >= 15 is 0 Å². The van der Waals surface area contributed by atoms with Crippen LogP contribution in [0.2, 0.25) is 0 Å². The molecule has 85 heavy (non-hydrogen) atoms. The van der Waals surface area contributed by atoms with Crippen LogP contribution >= 0.6 is 0 Å². The van der Waals surface area contributed by atoms with Gasteiger partial charge in [-0.15, -0.1) is 13.2 Å². The molecular formula is C66H79N13O6+10. The van der Waals surface area contributed by atoms with Crippen LogP contribution in [-0.4, -0.2) is 35.2 Å². The van der Waals surface area contributed by atoms with Crippen molar-refractivity contribution < 1.29 is 75.6 Å². The minimum absolute atomic E-state index is 0.00989. The third kappa shape index (κ3) is 23.0. The summed E-state index contributed by atoms with van der Waals surface area (Å²) >= 11 is 0. The molecule has 8 N–H and O–H groups in total. The Balaban J connectivity index is 0.000000193. The summed E-state index contributed by atoms with van der Waals surface area (Å²) in [5.41, 5.74) is 22.4. The van der Waals surface area contributed by atoms with Gasteiger partial charge in [0.1, 0.15) is 34.5 Å². The molecular weight excluding hydrogens is 1070 g/mol. The van der Waals surface area contributed by atoms with Crippen molar-refractivity contribution >= 4 is 11.9 Å². The average molecular weight is 1150 g/mol. The number of carboxylic acid groups (broad SMARTS) is 2. The highest BCUT2D eigenvalue weighted by molar-refractivity contribution is 5.66. The van der Waals surface area contributed by atoms with Gasteiger partial charge in [-0.2, -0.15) is 9.13 Å². The number of hydrogen-bond donors (Lipinski definition) is 5. The van der Waals surface area contributed by atoms with Gasteiger partial charge in [-0.05, 0) is 60.6 Å². The van der Waals surface area contributed by atoms with Crippen LogP contribution in [0.4, 0.5) is 0 Å². The standard InChI is InChI=1S/C14H13N2O4.C13H17N3.C13H13N2O2.C12H15N4.C12H14N2.C2H4/c1-2-19-20-16-9-5-13(6-10-16)12-3-7-15(8-4-12)11-14(17)18;1-15-7-2-12(3-8-15)13-4-9-16(10-5-13)11-6-14;1-14-6-2-11(3-7-14)12-4-8-15(9-5-12)10-13(16)17;13-5-10-15-6-1-11(2-7-15)12-3-8-16(14)9-4-12;1-13-7-3-11(4-8-13)12-5-9-14(2)10-6-12;1-2/h2-10H,1,11H2;2-5,7-10H,6,11,14H2,1H3;2-9H,10H2,1H3;1-4,6-9,14H,5,10,13H2;3-10H,1-2H3;1-2H2/q+1;+2;2*+1;+2;/p+3. The summed E-state index contributed by atoms with van der Waals surface area (Å²) < 4.78 is 18.4. The minimum Gasteiger partial charge on any atom is -0.477 e. The lowest BCUT2D eigenvalue weighted by atomic mass is 10.1. The molecule has 19 heteroatoms. The van der Waals surface area contributed by atoms with Gasteiger partial charge in [0, 0.05) is 121 Å². The molecule has 434 valence electrons. The molecule has 0 fully saturated rings. The second kappa shape index (κ2) is 35.2. The van der Waals surface area contributed by atoms with Crippen molar-refractivity contribution in [3.05, 3.63) is 271 Å². The molecule has 0 aliphatic rings.